The topological polar surface area (TPSA) is 76.6 Å². The number of halogens is 3. The number of nitrogens with one attached hydrogen (secondary N) is 1. The molecule has 3 aromatic carbocycles. The van der Waals surface area contributed by atoms with Crippen molar-refractivity contribution < 1.29 is 27.4 Å². The van der Waals surface area contributed by atoms with Crippen LogP contribution in [0.15, 0.2) is 72.9 Å². The Bertz CT molecular complexity index is 1390. The number of nitrogens with zero attached hydrogens (tertiary/aromatic N) is 3. The van der Waals surface area contributed by atoms with E-state index in [0.717, 1.165) is 36.6 Å². The van der Waals surface area contributed by atoms with E-state index in [1.807, 2.05) is 6.07 Å². The highest BCUT2D eigenvalue weighted by molar-refractivity contribution is 6.04. The molecule has 1 aliphatic rings. The van der Waals surface area contributed by atoms with Crippen molar-refractivity contribution in [1.82, 2.24) is 9.97 Å². The lowest BCUT2D eigenvalue weighted by Crippen LogP contribution is -2.36. The van der Waals surface area contributed by atoms with Gasteiger partial charge in [-0.25, -0.2) is 4.98 Å². The van der Waals surface area contributed by atoms with Crippen molar-refractivity contribution in [2.24, 2.45) is 0 Å². The summed E-state index contributed by atoms with van der Waals surface area (Å²) in [7, 11) is 0. The second-order valence-corrected chi connectivity index (χ2v) is 8.14. The molecule has 1 saturated heterocycles. The van der Waals surface area contributed by atoms with Gasteiger partial charge >= 0.3 is 6.18 Å². The van der Waals surface area contributed by atoms with E-state index in [9.17, 15) is 18.0 Å². The Balaban J connectivity index is 1.26. The molecule has 184 valence electrons. The van der Waals surface area contributed by atoms with E-state index < -0.39 is 17.6 Å². The molecule has 0 unspecified atom stereocenters. The molecule has 0 radical (unpaired) electrons. The van der Waals surface area contributed by atoms with E-state index in [0.29, 0.717) is 35.9 Å². The Morgan fingerprint density at radius 1 is 0.944 bits per heavy atom. The zero-order valence-electron chi connectivity index (χ0n) is 19.0. The minimum Gasteiger partial charge on any atom is -0.457 e. The maximum Gasteiger partial charge on any atom is 0.416 e. The number of carbonyl (C=O) groups is 1. The van der Waals surface area contributed by atoms with Gasteiger partial charge in [0.15, 0.2) is 0 Å². The van der Waals surface area contributed by atoms with Crippen molar-refractivity contribution in [1.29, 1.82) is 0 Å². The monoisotopic (exact) mass is 494 g/mol. The summed E-state index contributed by atoms with van der Waals surface area (Å²) in [5.41, 5.74) is 0.896. The largest absolute Gasteiger partial charge is 0.457 e. The van der Waals surface area contributed by atoms with Gasteiger partial charge in [-0.2, -0.15) is 13.2 Å². The summed E-state index contributed by atoms with van der Waals surface area (Å²) in [5.74, 6) is 1.23. The highest BCUT2D eigenvalue weighted by Crippen LogP contribution is 2.30. The number of aromatic nitrogens is 2. The molecule has 0 saturated carbocycles. The Kier molecular flexibility index (Phi) is 6.43. The quantitative estimate of drug-likeness (QED) is 0.393. The van der Waals surface area contributed by atoms with Gasteiger partial charge in [-0.1, -0.05) is 6.07 Å². The lowest BCUT2D eigenvalue weighted by molar-refractivity contribution is -0.137. The number of carbonyl (C=O) groups excluding carboxylic acids is 1. The van der Waals surface area contributed by atoms with Gasteiger partial charge in [-0.05, 0) is 54.6 Å². The lowest BCUT2D eigenvalue weighted by Gasteiger charge is -2.27. The van der Waals surface area contributed by atoms with E-state index in [4.69, 9.17) is 14.5 Å². The predicted molar refractivity (Wildman–Crippen MR) is 128 cm³/mol. The van der Waals surface area contributed by atoms with Crippen LogP contribution in [-0.4, -0.2) is 42.2 Å². The molecule has 1 N–H and O–H groups in total. The number of benzene rings is 3. The number of ether oxygens (including phenoxy) is 2. The number of morpholine rings is 1. The summed E-state index contributed by atoms with van der Waals surface area (Å²) in [5, 5.41) is 2.60. The summed E-state index contributed by atoms with van der Waals surface area (Å²) in [6.07, 6.45) is -2.77. The maximum absolute atomic E-state index is 12.9. The molecular formula is C26H21F3N4O3. The number of rotatable bonds is 5. The maximum atomic E-state index is 12.9. The first-order valence-corrected chi connectivity index (χ1v) is 11.2. The highest BCUT2D eigenvalue weighted by Gasteiger charge is 2.30. The second kappa shape index (κ2) is 9.82. The minimum atomic E-state index is -4.52. The van der Waals surface area contributed by atoms with Crippen LogP contribution in [0.3, 0.4) is 0 Å². The normalized spacial score (nSPS) is 14.0. The van der Waals surface area contributed by atoms with Crippen LogP contribution in [0.4, 0.5) is 24.7 Å². The van der Waals surface area contributed by atoms with Gasteiger partial charge in [0.05, 0.1) is 36.0 Å². The van der Waals surface area contributed by atoms with Crippen LogP contribution in [0.1, 0.15) is 15.9 Å². The Hall–Kier alpha value is -4.18. The van der Waals surface area contributed by atoms with Crippen LogP contribution in [-0.2, 0) is 10.9 Å². The SMILES string of the molecule is O=C(Nc1ccc(Oc2ccc3ncc(N4CCOCC4)nc3c2)cc1)c1cccc(C(F)(F)F)c1. The molecule has 7 nitrogen and oxygen atoms in total. The van der Waals surface area contributed by atoms with E-state index in [1.54, 1.807) is 42.6 Å². The molecule has 1 amide bonds. The highest BCUT2D eigenvalue weighted by atomic mass is 19.4. The average Bonchev–Trinajstić information content (AvgIpc) is 2.89. The number of anilines is 2. The Labute approximate surface area is 204 Å². The van der Waals surface area contributed by atoms with E-state index in [-0.39, 0.29) is 5.56 Å². The molecule has 1 aliphatic heterocycles. The Morgan fingerprint density at radius 2 is 1.69 bits per heavy atom. The summed E-state index contributed by atoms with van der Waals surface area (Å²) in [4.78, 5) is 23.7. The minimum absolute atomic E-state index is 0.0844. The van der Waals surface area contributed by atoms with Crippen molar-refractivity contribution in [3.63, 3.8) is 0 Å². The second-order valence-electron chi connectivity index (χ2n) is 8.14. The fraction of sp³-hybridized carbons (Fsp3) is 0.192. The third-order valence-electron chi connectivity index (χ3n) is 5.64. The standard InChI is InChI=1S/C26H21F3N4O3/c27-26(28,29)18-3-1-2-17(14-18)25(34)31-19-4-6-20(7-5-19)36-21-8-9-22-23(15-21)32-24(16-30-22)33-10-12-35-13-11-33/h1-9,14-16H,10-13H2,(H,31,34). The molecule has 0 bridgehead atoms. The number of hydrogen-bond acceptors (Lipinski definition) is 6. The van der Waals surface area contributed by atoms with Gasteiger partial charge in [0, 0.05) is 30.4 Å². The van der Waals surface area contributed by atoms with Crippen LogP contribution in [0.25, 0.3) is 11.0 Å². The number of hydrogen-bond donors (Lipinski definition) is 1. The van der Waals surface area contributed by atoms with Crippen molar-refractivity contribution in [2.45, 2.75) is 6.18 Å². The smallest absolute Gasteiger partial charge is 0.416 e. The molecule has 0 aliphatic carbocycles. The molecule has 0 spiro atoms. The summed E-state index contributed by atoms with van der Waals surface area (Å²) in [6, 6.07) is 16.2. The van der Waals surface area contributed by atoms with Gasteiger partial charge in [-0.3, -0.25) is 9.78 Å². The predicted octanol–water partition coefficient (Wildman–Crippen LogP) is 5.53. The molecule has 36 heavy (non-hydrogen) atoms. The fourth-order valence-electron chi connectivity index (χ4n) is 3.77. The van der Waals surface area contributed by atoms with Crippen LogP contribution >= 0.6 is 0 Å². The van der Waals surface area contributed by atoms with Gasteiger partial charge in [-0.15, -0.1) is 0 Å². The molecular weight excluding hydrogens is 473 g/mol. The van der Waals surface area contributed by atoms with Crippen LogP contribution < -0.4 is 15.0 Å². The average molecular weight is 494 g/mol. The summed E-state index contributed by atoms with van der Waals surface area (Å²) < 4.78 is 50.1. The van der Waals surface area contributed by atoms with Gasteiger partial charge in [0.2, 0.25) is 0 Å². The molecule has 4 aromatic rings. The van der Waals surface area contributed by atoms with Crippen molar-refractivity contribution in [2.75, 3.05) is 36.5 Å². The van der Waals surface area contributed by atoms with Gasteiger partial charge < -0.3 is 19.7 Å². The zero-order valence-corrected chi connectivity index (χ0v) is 19.0. The fourth-order valence-corrected chi connectivity index (χ4v) is 3.77. The Morgan fingerprint density at radius 3 is 2.44 bits per heavy atom. The summed E-state index contributed by atoms with van der Waals surface area (Å²) in [6.45, 7) is 2.82. The molecule has 0 atom stereocenters. The first kappa shape index (κ1) is 23.6. The van der Waals surface area contributed by atoms with Gasteiger partial charge in [0.25, 0.3) is 5.91 Å². The molecule has 2 heterocycles. The van der Waals surface area contributed by atoms with E-state index in [1.165, 1.54) is 12.1 Å². The van der Waals surface area contributed by atoms with Crippen molar-refractivity contribution >= 4 is 28.4 Å². The third-order valence-corrected chi connectivity index (χ3v) is 5.64. The van der Waals surface area contributed by atoms with E-state index in [2.05, 4.69) is 15.2 Å². The molecule has 1 fully saturated rings. The molecule has 1 aromatic heterocycles. The van der Waals surface area contributed by atoms with E-state index >= 15 is 0 Å². The number of alkyl halides is 3. The van der Waals surface area contributed by atoms with Crippen molar-refractivity contribution in [3.05, 3.63) is 84.1 Å². The van der Waals surface area contributed by atoms with Gasteiger partial charge in [0.1, 0.15) is 17.3 Å². The molecule has 5 rings (SSSR count). The zero-order chi connectivity index (χ0) is 25.1. The van der Waals surface area contributed by atoms with Crippen LogP contribution in [0.2, 0.25) is 0 Å². The third kappa shape index (κ3) is 5.38. The first-order chi connectivity index (χ1) is 17.3. The van der Waals surface area contributed by atoms with Crippen LogP contribution in [0.5, 0.6) is 11.5 Å². The number of fused-ring (bicyclic) bond motifs is 1. The van der Waals surface area contributed by atoms with Crippen LogP contribution in [0, 0.1) is 0 Å². The number of amides is 1. The first-order valence-electron chi connectivity index (χ1n) is 11.2. The summed E-state index contributed by atoms with van der Waals surface area (Å²) >= 11 is 0. The van der Waals surface area contributed by atoms with Crippen molar-refractivity contribution in [3.8, 4) is 11.5 Å². The lowest BCUT2D eigenvalue weighted by atomic mass is 10.1. The molecule has 10 heteroatoms.